The normalized spacial score (nSPS) is 7.00. The van der Waals surface area contributed by atoms with Gasteiger partial charge in [0, 0.05) is 0 Å². The maximum Gasteiger partial charge on any atom is -0.00268 e. The van der Waals surface area contributed by atoms with Gasteiger partial charge in [0.1, 0.15) is 0 Å². The largest absolute Gasteiger partial charge is 0.125 e. The maximum absolute atomic E-state index is 3.56. The van der Waals surface area contributed by atoms with E-state index in [4.69, 9.17) is 0 Å². The van der Waals surface area contributed by atoms with E-state index in [-0.39, 0.29) is 0 Å². The fourth-order valence-electron chi connectivity index (χ4n) is 0.383. The Morgan fingerprint density at radius 1 is 1.50 bits per heavy atom. The SMILES string of the molecule is C=C=C(C=C)CC=C. The summed E-state index contributed by atoms with van der Waals surface area (Å²) in [5.74, 6) is 0. The van der Waals surface area contributed by atoms with E-state index >= 15 is 0 Å². The van der Waals surface area contributed by atoms with Gasteiger partial charge >= 0.3 is 0 Å². The molecule has 0 N–H and O–H groups in total. The number of hydrogen-bond acceptors (Lipinski definition) is 0. The molecular formula is C8H10. The Bertz CT molecular complexity index is 134. The molecule has 0 heterocycles. The third-order valence-electron chi connectivity index (χ3n) is 0.838. The molecule has 0 aromatic carbocycles. The van der Waals surface area contributed by atoms with E-state index in [0.29, 0.717) is 0 Å². The van der Waals surface area contributed by atoms with E-state index in [1.54, 1.807) is 12.2 Å². The molecule has 0 heteroatoms. The molecule has 0 atom stereocenters. The van der Waals surface area contributed by atoms with Gasteiger partial charge in [-0.2, -0.15) is 0 Å². The van der Waals surface area contributed by atoms with Gasteiger partial charge in [0.15, 0.2) is 0 Å². The van der Waals surface area contributed by atoms with Crippen LogP contribution in [0.5, 0.6) is 0 Å². The zero-order chi connectivity index (χ0) is 6.41. The van der Waals surface area contributed by atoms with Crippen molar-refractivity contribution in [1.29, 1.82) is 0 Å². The summed E-state index contributed by atoms with van der Waals surface area (Å²) in [4.78, 5) is 0. The van der Waals surface area contributed by atoms with Crippen LogP contribution >= 0.6 is 0 Å². The standard InChI is InChI=1S/C8H10/c1-4-7-8(5-2)6-3/h4-5H,1-3,7H2. The zero-order valence-corrected chi connectivity index (χ0v) is 4.98. The summed E-state index contributed by atoms with van der Waals surface area (Å²) < 4.78 is 0. The second-order valence-electron chi connectivity index (χ2n) is 1.40. The summed E-state index contributed by atoms with van der Waals surface area (Å²) in [6, 6.07) is 0. The molecule has 0 aliphatic rings. The Balaban J connectivity index is 3.91. The van der Waals surface area contributed by atoms with Gasteiger partial charge in [0.25, 0.3) is 0 Å². The highest BCUT2D eigenvalue weighted by molar-refractivity contribution is 5.16. The molecule has 0 spiro atoms. The lowest BCUT2D eigenvalue weighted by atomic mass is 10.2. The van der Waals surface area contributed by atoms with E-state index in [9.17, 15) is 0 Å². The Hall–Kier alpha value is -1.00. The molecule has 8 heavy (non-hydrogen) atoms. The summed E-state index contributed by atoms with van der Waals surface area (Å²) in [6.45, 7) is 10.6. The van der Waals surface area contributed by atoms with E-state index in [1.807, 2.05) is 0 Å². The molecule has 42 valence electrons. The average Bonchev–Trinajstić information content (AvgIpc) is 1.83. The minimum absolute atomic E-state index is 0.812. The molecule has 0 aliphatic heterocycles. The lowest BCUT2D eigenvalue weighted by Gasteiger charge is -1.86. The maximum atomic E-state index is 3.56. The summed E-state index contributed by atoms with van der Waals surface area (Å²) >= 11 is 0. The van der Waals surface area contributed by atoms with Crippen molar-refractivity contribution < 1.29 is 0 Å². The van der Waals surface area contributed by atoms with Crippen LogP contribution in [0, 0.1) is 0 Å². The lowest BCUT2D eigenvalue weighted by Crippen LogP contribution is -1.67. The highest BCUT2D eigenvalue weighted by atomic mass is 13.8. The van der Waals surface area contributed by atoms with Gasteiger partial charge in [-0.25, -0.2) is 0 Å². The van der Waals surface area contributed by atoms with Gasteiger partial charge in [-0.05, 0) is 12.0 Å². The van der Waals surface area contributed by atoms with Gasteiger partial charge in [0.05, 0.1) is 0 Å². The summed E-state index contributed by atoms with van der Waals surface area (Å²) in [7, 11) is 0. The van der Waals surface area contributed by atoms with Gasteiger partial charge in [-0.1, -0.05) is 25.3 Å². The summed E-state index contributed by atoms with van der Waals surface area (Å²) in [5.41, 5.74) is 3.73. The Morgan fingerprint density at radius 3 is 2.25 bits per heavy atom. The van der Waals surface area contributed by atoms with Crippen molar-refractivity contribution in [1.82, 2.24) is 0 Å². The van der Waals surface area contributed by atoms with Crippen LogP contribution in [0.2, 0.25) is 0 Å². The molecule has 0 aliphatic carbocycles. The molecule has 0 saturated heterocycles. The van der Waals surface area contributed by atoms with Crippen LogP contribution in [-0.2, 0) is 0 Å². The first-order valence-electron chi connectivity index (χ1n) is 2.47. The quantitative estimate of drug-likeness (QED) is 0.294. The first-order chi connectivity index (χ1) is 3.85. The van der Waals surface area contributed by atoms with E-state index < -0.39 is 0 Å². The van der Waals surface area contributed by atoms with Crippen molar-refractivity contribution in [3.05, 3.63) is 43.2 Å². The first kappa shape index (κ1) is 7.00. The van der Waals surface area contributed by atoms with E-state index in [1.165, 1.54) is 0 Å². The number of hydrogen-bond donors (Lipinski definition) is 0. The number of allylic oxidation sites excluding steroid dienone is 3. The highest BCUT2D eigenvalue weighted by Crippen LogP contribution is 1.98. The third-order valence-corrected chi connectivity index (χ3v) is 0.838. The molecule has 0 rings (SSSR count). The average molecular weight is 106 g/mol. The molecule has 0 nitrogen and oxygen atoms in total. The van der Waals surface area contributed by atoms with Crippen LogP contribution < -0.4 is 0 Å². The smallest absolute Gasteiger partial charge is 0.00268 e. The molecule has 0 unspecified atom stereocenters. The first-order valence-corrected chi connectivity index (χ1v) is 2.47. The van der Waals surface area contributed by atoms with Gasteiger partial charge < -0.3 is 0 Å². The number of rotatable bonds is 3. The molecule has 0 radical (unpaired) electrons. The second-order valence-corrected chi connectivity index (χ2v) is 1.40. The molecule has 0 saturated carbocycles. The van der Waals surface area contributed by atoms with Crippen molar-refractivity contribution in [3.8, 4) is 0 Å². The van der Waals surface area contributed by atoms with Gasteiger partial charge in [-0.3, -0.25) is 0 Å². The predicted octanol–water partition coefficient (Wildman–Crippen LogP) is 2.46. The van der Waals surface area contributed by atoms with Crippen LogP contribution in [0.15, 0.2) is 43.2 Å². The van der Waals surface area contributed by atoms with E-state index in [0.717, 1.165) is 12.0 Å². The monoisotopic (exact) mass is 106 g/mol. The van der Waals surface area contributed by atoms with Crippen molar-refractivity contribution in [2.45, 2.75) is 6.42 Å². The van der Waals surface area contributed by atoms with Crippen LogP contribution in [0.25, 0.3) is 0 Å². The fraction of sp³-hybridized carbons (Fsp3) is 0.125. The Kier molecular flexibility index (Phi) is 3.65. The van der Waals surface area contributed by atoms with Crippen LogP contribution in [0.4, 0.5) is 0 Å². The minimum atomic E-state index is 0.812. The molecule has 0 aromatic rings. The van der Waals surface area contributed by atoms with Gasteiger partial charge in [-0.15, -0.1) is 12.3 Å². The van der Waals surface area contributed by atoms with Crippen molar-refractivity contribution in [2.75, 3.05) is 0 Å². The van der Waals surface area contributed by atoms with Crippen molar-refractivity contribution in [3.63, 3.8) is 0 Å². The zero-order valence-electron chi connectivity index (χ0n) is 4.98. The highest BCUT2D eigenvalue weighted by Gasteiger charge is 1.79. The topological polar surface area (TPSA) is 0 Å². The third kappa shape index (κ3) is 2.22. The predicted molar refractivity (Wildman–Crippen MR) is 37.7 cm³/mol. The summed E-state index contributed by atoms with van der Waals surface area (Å²) in [5, 5.41) is 0. The van der Waals surface area contributed by atoms with Crippen LogP contribution in [0.3, 0.4) is 0 Å². The lowest BCUT2D eigenvalue weighted by molar-refractivity contribution is 1.31. The van der Waals surface area contributed by atoms with E-state index in [2.05, 4.69) is 25.5 Å². The van der Waals surface area contributed by atoms with Gasteiger partial charge in [0.2, 0.25) is 0 Å². The molecule has 0 bridgehead atoms. The Morgan fingerprint density at radius 2 is 2.12 bits per heavy atom. The minimum Gasteiger partial charge on any atom is -0.125 e. The molecule has 0 aromatic heterocycles. The van der Waals surface area contributed by atoms with Crippen LogP contribution in [-0.4, -0.2) is 0 Å². The van der Waals surface area contributed by atoms with Crippen LogP contribution in [0.1, 0.15) is 6.42 Å². The van der Waals surface area contributed by atoms with Crippen molar-refractivity contribution >= 4 is 0 Å². The molecule has 0 fully saturated rings. The fourth-order valence-corrected chi connectivity index (χ4v) is 0.383. The summed E-state index contributed by atoms with van der Waals surface area (Å²) in [6.07, 6.45) is 4.34. The second kappa shape index (κ2) is 4.17. The Labute approximate surface area is 50.5 Å². The molecular weight excluding hydrogens is 96.1 g/mol. The molecule has 0 amide bonds. The van der Waals surface area contributed by atoms with Crippen molar-refractivity contribution in [2.24, 2.45) is 0 Å².